The second-order valence-electron chi connectivity index (χ2n) is 21.6. The Morgan fingerprint density at radius 1 is 0.493 bits per heavy atom. The zero-order chi connectivity index (χ0) is 52.4. The molecule has 10 rings (SSSR count). The molecule has 0 aliphatic carbocycles. The Labute approximate surface area is 471 Å². The summed E-state index contributed by atoms with van der Waals surface area (Å²) in [6.45, 7) is 19.1. The highest BCUT2D eigenvalue weighted by molar-refractivity contribution is 7.33. The summed E-state index contributed by atoms with van der Waals surface area (Å²) in [5, 5.41) is 3.62. The van der Waals surface area contributed by atoms with E-state index in [0.717, 1.165) is 70.3 Å². The van der Waals surface area contributed by atoms with Crippen LogP contribution in [0.4, 0.5) is 0 Å². The number of benzene rings is 3. The predicted molar refractivity (Wildman–Crippen MR) is 334 cm³/mol. The smallest absolute Gasteiger partial charge is 0.271 e. The van der Waals surface area contributed by atoms with E-state index in [9.17, 15) is 9.59 Å². The minimum atomic E-state index is -0.159. The maximum Gasteiger partial charge on any atom is 0.271 e. The minimum absolute atomic E-state index is 0.116. The van der Waals surface area contributed by atoms with Crippen molar-refractivity contribution in [3.63, 3.8) is 0 Å². The third kappa shape index (κ3) is 10.5. The van der Waals surface area contributed by atoms with Crippen molar-refractivity contribution in [3.05, 3.63) is 128 Å². The van der Waals surface area contributed by atoms with Gasteiger partial charge in [0.15, 0.2) is 0 Å². The van der Waals surface area contributed by atoms with E-state index >= 15 is 0 Å². The van der Waals surface area contributed by atoms with E-state index in [0.29, 0.717) is 34.7 Å². The molecular weight excluding hydrogens is 1030 g/mol. The lowest BCUT2D eigenvalue weighted by Crippen LogP contribution is -2.34. The first-order chi connectivity index (χ1) is 36.6. The Morgan fingerprint density at radius 2 is 1.04 bits per heavy atom. The van der Waals surface area contributed by atoms with Crippen LogP contribution in [-0.2, 0) is 18.3 Å². The molecule has 392 valence electrons. The average Bonchev–Trinajstić information content (AvgIpc) is 4.37. The number of fused-ring (bicyclic) bond motifs is 5. The number of thiophene rings is 6. The molecule has 0 fully saturated rings. The monoisotopic (exact) mass is 1110 g/mol. The fourth-order valence-corrected chi connectivity index (χ4v) is 19.8. The largest absolute Gasteiger partial charge is 0.273 e. The summed E-state index contributed by atoms with van der Waals surface area (Å²) < 4.78 is 3.77. The molecule has 75 heavy (non-hydrogen) atoms. The molecular formula is C66H75NO2S6. The molecule has 0 spiro atoms. The zero-order valence-corrected chi connectivity index (χ0v) is 50.4. The second-order valence-corrected chi connectivity index (χ2v) is 28.0. The van der Waals surface area contributed by atoms with Crippen LogP contribution in [0, 0.1) is 17.8 Å². The Kier molecular flexibility index (Phi) is 17.2. The first-order valence-electron chi connectivity index (χ1n) is 28.4. The molecule has 6 aromatic heterocycles. The molecule has 4 atom stereocenters. The van der Waals surface area contributed by atoms with Gasteiger partial charge in [-0.25, -0.2) is 0 Å². The predicted octanol–water partition coefficient (Wildman–Crippen LogP) is 22.2. The number of carbonyl (C=O) groups excluding carboxylic acids is 2. The molecule has 0 saturated heterocycles. The van der Waals surface area contributed by atoms with E-state index in [-0.39, 0.29) is 17.2 Å². The van der Waals surface area contributed by atoms with Gasteiger partial charge in [0.25, 0.3) is 11.8 Å². The van der Waals surface area contributed by atoms with E-state index in [1.54, 1.807) is 27.6 Å². The van der Waals surface area contributed by atoms with Gasteiger partial charge in [0.2, 0.25) is 0 Å². The van der Waals surface area contributed by atoms with Crippen LogP contribution in [0.15, 0.2) is 97.1 Å². The summed E-state index contributed by atoms with van der Waals surface area (Å²) in [4.78, 5) is 42.1. The Hall–Kier alpha value is -4.22. The van der Waals surface area contributed by atoms with Crippen molar-refractivity contribution in [1.29, 1.82) is 0 Å². The minimum Gasteiger partial charge on any atom is -0.273 e. The standard InChI is InChI=1S/C66H75NO2S6/c1-9-16-25-41(12-4)36-46-32-34-50(70-46)54-48-38-52(61-62-56(58(74-61)44-28-21-19-22-29-44)57-63(75-62)65(69)67(64(57)68)40-43(14-6)27-18-11-3)72-59(48)55(51-35-33-47(71-51)37-42(13-5)26-17-10-2)49-39-53(73-60(49)54)66(8,15-7)45-30-23-20-24-31-45/h19-24,28-35,38-39,41-43H,9-18,25-27,36-37,40H2,1-8H3. The third-order valence-electron chi connectivity index (χ3n) is 16.7. The number of carbonyl (C=O) groups is 2. The lowest BCUT2D eigenvalue weighted by Gasteiger charge is -2.27. The molecule has 0 saturated carbocycles. The van der Waals surface area contributed by atoms with Gasteiger partial charge in [0.05, 0.1) is 15.1 Å². The summed E-state index contributed by atoms with van der Waals surface area (Å²) in [7, 11) is 0. The average molecular weight is 1110 g/mol. The van der Waals surface area contributed by atoms with Gasteiger partial charge in [-0.1, -0.05) is 187 Å². The lowest BCUT2D eigenvalue weighted by atomic mass is 9.78. The molecule has 3 aromatic carbocycles. The van der Waals surface area contributed by atoms with Crippen LogP contribution in [-0.4, -0.2) is 23.3 Å². The van der Waals surface area contributed by atoms with E-state index in [1.165, 1.54) is 117 Å². The first kappa shape index (κ1) is 54.1. The number of rotatable bonds is 25. The normalized spacial score (nSPS) is 15.0. The fourth-order valence-electron chi connectivity index (χ4n) is 11.7. The molecule has 1 aliphatic heterocycles. The van der Waals surface area contributed by atoms with Crippen LogP contribution in [0.1, 0.15) is 179 Å². The Morgan fingerprint density at radius 3 is 1.60 bits per heavy atom. The number of nitrogens with zero attached hydrogens (tertiary/aromatic N) is 1. The van der Waals surface area contributed by atoms with Crippen LogP contribution in [0.5, 0.6) is 0 Å². The summed E-state index contributed by atoms with van der Waals surface area (Å²) in [5.74, 6) is 1.44. The molecule has 0 bridgehead atoms. The highest BCUT2D eigenvalue weighted by Crippen LogP contribution is 2.58. The molecule has 2 amide bonds. The molecule has 0 radical (unpaired) electrons. The summed E-state index contributed by atoms with van der Waals surface area (Å²) in [6, 6.07) is 36.6. The van der Waals surface area contributed by atoms with Gasteiger partial charge in [-0.2, -0.15) is 0 Å². The molecule has 4 unspecified atom stereocenters. The third-order valence-corrected chi connectivity index (χ3v) is 24.3. The van der Waals surface area contributed by atoms with Crippen molar-refractivity contribution in [2.45, 2.75) is 157 Å². The van der Waals surface area contributed by atoms with Crippen LogP contribution in [0.25, 0.3) is 71.3 Å². The highest BCUT2D eigenvalue weighted by Gasteiger charge is 2.42. The van der Waals surface area contributed by atoms with Gasteiger partial charge >= 0.3 is 0 Å². The van der Waals surface area contributed by atoms with Gasteiger partial charge in [-0.05, 0) is 91.0 Å². The van der Waals surface area contributed by atoms with Gasteiger partial charge < -0.3 is 0 Å². The maximum absolute atomic E-state index is 14.8. The van der Waals surface area contributed by atoms with Crippen LogP contribution < -0.4 is 0 Å². The SMILES string of the molecule is CCCCC(CC)Cc1ccc(-c2c3cc(C(C)(CC)c4ccccc4)sc3c(-c3ccc(CC(CC)CCCC)s3)c3cc(-c4sc(-c5ccccc5)c5c6c(sc45)C(=O)N(CC(CC)CCCC)C6=O)sc23)s1. The summed E-state index contributed by atoms with van der Waals surface area (Å²) in [5.41, 5.74) is 5.62. The second kappa shape index (κ2) is 23.8. The number of imide groups is 1. The van der Waals surface area contributed by atoms with Crippen molar-refractivity contribution >= 4 is 110 Å². The number of hydrogen-bond acceptors (Lipinski definition) is 8. The van der Waals surface area contributed by atoms with Gasteiger partial charge in [-0.15, -0.1) is 68.0 Å². The molecule has 0 N–H and O–H groups in total. The molecule has 3 nitrogen and oxygen atoms in total. The van der Waals surface area contributed by atoms with Crippen LogP contribution in [0.3, 0.4) is 0 Å². The highest BCUT2D eigenvalue weighted by atomic mass is 32.1. The van der Waals surface area contributed by atoms with Crippen LogP contribution >= 0.6 is 68.0 Å². The molecule has 1 aliphatic rings. The van der Waals surface area contributed by atoms with Crippen molar-refractivity contribution in [3.8, 4) is 41.1 Å². The van der Waals surface area contributed by atoms with Crippen molar-refractivity contribution in [2.24, 2.45) is 17.8 Å². The van der Waals surface area contributed by atoms with Gasteiger partial charge in [0.1, 0.15) is 4.88 Å². The fraction of sp³-hybridized carbons (Fsp3) is 0.424. The quantitative estimate of drug-likeness (QED) is 0.0535. The van der Waals surface area contributed by atoms with E-state index in [1.807, 2.05) is 45.3 Å². The van der Waals surface area contributed by atoms with E-state index < -0.39 is 0 Å². The lowest BCUT2D eigenvalue weighted by molar-refractivity contribution is 0.0626. The maximum atomic E-state index is 14.8. The number of hydrogen-bond donors (Lipinski definition) is 0. The first-order valence-corrected chi connectivity index (χ1v) is 33.3. The van der Waals surface area contributed by atoms with E-state index in [4.69, 9.17) is 0 Å². The van der Waals surface area contributed by atoms with Crippen LogP contribution in [0.2, 0.25) is 0 Å². The van der Waals surface area contributed by atoms with Crippen molar-refractivity contribution in [2.75, 3.05) is 6.54 Å². The summed E-state index contributed by atoms with van der Waals surface area (Å²) in [6.07, 6.45) is 17.4. The summed E-state index contributed by atoms with van der Waals surface area (Å²) >= 11 is 11.3. The van der Waals surface area contributed by atoms with Gasteiger partial charge in [0, 0.05) is 82.8 Å². The molecule has 9 aromatic rings. The number of amides is 2. The Bertz CT molecular complexity index is 3300. The van der Waals surface area contributed by atoms with E-state index in [2.05, 4.69) is 152 Å². The molecule has 7 heterocycles. The zero-order valence-electron chi connectivity index (χ0n) is 45.5. The topological polar surface area (TPSA) is 37.4 Å². The number of unbranched alkanes of at least 4 members (excludes halogenated alkanes) is 3. The Balaban J connectivity index is 1.22. The van der Waals surface area contributed by atoms with Crippen molar-refractivity contribution < 1.29 is 9.59 Å². The van der Waals surface area contributed by atoms with Gasteiger partial charge in [-0.3, -0.25) is 14.5 Å². The van der Waals surface area contributed by atoms with Crippen molar-refractivity contribution in [1.82, 2.24) is 4.90 Å². The molecule has 9 heteroatoms.